The average Bonchev–Trinajstić information content (AvgIpc) is 2.91. The Kier molecular flexibility index (Phi) is 4.55. The molecule has 122 valence electrons. The van der Waals surface area contributed by atoms with Gasteiger partial charge in [-0.25, -0.2) is 0 Å². The molecule has 4 heteroatoms. The molecule has 0 saturated carbocycles. The monoisotopic (exact) mass is 311 g/mol. The topological polar surface area (TPSA) is 41.7 Å². The number of methoxy groups -OCH3 is 1. The number of hydrogen-bond acceptors (Lipinski definition) is 4. The lowest BCUT2D eigenvalue weighted by atomic mass is 10.0. The molecule has 4 nitrogen and oxygen atoms in total. The van der Waals surface area contributed by atoms with E-state index in [-0.39, 0.29) is 6.04 Å². The van der Waals surface area contributed by atoms with E-state index < -0.39 is 0 Å². The summed E-state index contributed by atoms with van der Waals surface area (Å²) in [4.78, 5) is 4.57. The fraction of sp³-hybridized carbons (Fsp3) is 0.368. The van der Waals surface area contributed by atoms with E-state index in [0.717, 1.165) is 18.8 Å². The molecule has 1 aliphatic rings. The smallest absolute Gasteiger partial charge is 0.123 e. The summed E-state index contributed by atoms with van der Waals surface area (Å²) in [6, 6.07) is 15.1. The molecule has 1 heterocycles. The largest absolute Gasteiger partial charge is 0.496 e. The number of benzene rings is 2. The highest BCUT2D eigenvalue weighted by Gasteiger charge is 2.29. The first kappa shape index (κ1) is 15.8. The van der Waals surface area contributed by atoms with Crippen molar-refractivity contribution in [2.75, 3.05) is 32.6 Å². The molecule has 3 rings (SSSR count). The molecule has 2 aromatic carbocycles. The molecule has 1 unspecified atom stereocenters. The number of fused-ring (bicyclic) bond motifs is 1. The molecular weight excluding hydrogens is 286 g/mol. The van der Waals surface area contributed by atoms with Crippen molar-refractivity contribution >= 4 is 5.69 Å². The minimum atomic E-state index is 0.259. The zero-order valence-electron chi connectivity index (χ0n) is 14.1. The lowest BCUT2D eigenvalue weighted by Gasteiger charge is -2.25. The Morgan fingerprint density at radius 1 is 1.22 bits per heavy atom. The van der Waals surface area contributed by atoms with Crippen LogP contribution in [0.1, 0.15) is 22.7 Å². The van der Waals surface area contributed by atoms with Crippen LogP contribution in [0, 0.1) is 0 Å². The third-order valence-corrected chi connectivity index (χ3v) is 4.61. The molecule has 0 amide bonds. The number of ether oxygens (including phenoxy) is 1. The fourth-order valence-corrected chi connectivity index (χ4v) is 3.33. The molecule has 1 atom stereocenters. The van der Waals surface area contributed by atoms with Crippen LogP contribution in [0.25, 0.3) is 0 Å². The SMILES string of the molecule is COc1ccccc1CN1Cc2ccc(N(C)C)cc2C1CN. The Bertz CT molecular complexity index is 684. The van der Waals surface area contributed by atoms with Gasteiger partial charge < -0.3 is 15.4 Å². The summed E-state index contributed by atoms with van der Waals surface area (Å²) in [6.07, 6.45) is 0. The summed E-state index contributed by atoms with van der Waals surface area (Å²) in [5.74, 6) is 0.938. The zero-order chi connectivity index (χ0) is 16.4. The van der Waals surface area contributed by atoms with Gasteiger partial charge in [0, 0.05) is 51.0 Å². The normalized spacial score (nSPS) is 17.1. The van der Waals surface area contributed by atoms with Gasteiger partial charge in [-0.15, -0.1) is 0 Å². The van der Waals surface area contributed by atoms with Crippen molar-refractivity contribution in [3.63, 3.8) is 0 Å². The first-order valence-electron chi connectivity index (χ1n) is 8.00. The standard InChI is InChI=1S/C19H25N3O/c1-21(2)16-9-8-14-12-22(18(11-20)17(14)10-16)13-15-6-4-5-7-19(15)23-3/h4-10,18H,11-13,20H2,1-3H3. The molecule has 0 spiro atoms. The molecule has 1 aliphatic heterocycles. The highest BCUT2D eigenvalue weighted by molar-refractivity contribution is 5.52. The van der Waals surface area contributed by atoms with Crippen molar-refractivity contribution in [2.45, 2.75) is 19.1 Å². The molecular formula is C19H25N3O. The molecule has 0 aliphatic carbocycles. The van der Waals surface area contributed by atoms with Gasteiger partial charge in [-0.05, 0) is 29.3 Å². The third kappa shape index (κ3) is 3.05. The number of hydrogen-bond donors (Lipinski definition) is 1. The molecule has 2 aromatic rings. The van der Waals surface area contributed by atoms with E-state index in [1.165, 1.54) is 22.4 Å². The van der Waals surface area contributed by atoms with Crippen LogP contribution in [0.2, 0.25) is 0 Å². The van der Waals surface area contributed by atoms with Crippen molar-refractivity contribution in [3.8, 4) is 5.75 Å². The molecule has 0 aromatic heterocycles. The van der Waals surface area contributed by atoms with Gasteiger partial charge in [0.05, 0.1) is 7.11 Å². The first-order valence-corrected chi connectivity index (χ1v) is 8.00. The van der Waals surface area contributed by atoms with Gasteiger partial charge in [-0.2, -0.15) is 0 Å². The van der Waals surface area contributed by atoms with E-state index in [1.54, 1.807) is 7.11 Å². The summed E-state index contributed by atoms with van der Waals surface area (Å²) in [7, 11) is 5.86. The van der Waals surface area contributed by atoms with Gasteiger partial charge >= 0.3 is 0 Å². The Morgan fingerprint density at radius 3 is 2.70 bits per heavy atom. The van der Waals surface area contributed by atoms with Crippen LogP contribution in [0.5, 0.6) is 5.75 Å². The maximum absolute atomic E-state index is 6.10. The molecule has 0 radical (unpaired) electrons. The molecule has 0 fully saturated rings. The Morgan fingerprint density at radius 2 is 2.00 bits per heavy atom. The quantitative estimate of drug-likeness (QED) is 0.922. The van der Waals surface area contributed by atoms with Crippen molar-refractivity contribution < 1.29 is 4.74 Å². The van der Waals surface area contributed by atoms with Crippen LogP contribution >= 0.6 is 0 Å². The Balaban J connectivity index is 1.87. The van der Waals surface area contributed by atoms with Gasteiger partial charge in [0.25, 0.3) is 0 Å². The van der Waals surface area contributed by atoms with Crippen LogP contribution in [0.4, 0.5) is 5.69 Å². The molecule has 23 heavy (non-hydrogen) atoms. The van der Waals surface area contributed by atoms with Gasteiger partial charge in [-0.1, -0.05) is 24.3 Å². The number of para-hydroxylation sites is 1. The van der Waals surface area contributed by atoms with Crippen LogP contribution in [-0.2, 0) is 13.1 Å². The summed E-state index contributed by atoms with van der Waals surface area (Å²) in [5.41, 5.74) is 11.3. The average molecular weight is 311 g/mol. The van der Waals surface area contributed by atoms with E-state index in [1.807, 2.05) is 12.1 Å². The van der Waals surface area contributed by atoms with Crippen LogP contribution in [0.15, 0.2) is 42.5 Å². The molecule has 0 saturated heterocycles. The number of nitrogens with zero attached hydrogens (tertiary/aromatic N) is 2. The molecule has 2 N–H and O–H groups in total. The second-order valence-electron chi connectivity index (χ2n) is 6.25. The van der Waals surface area contributed by atoms with E-state index in [9.17, 15) is 0 Å². The predicted molar refractivity (Wildman–Crippen MR) is 94.8 cm³/mol. The summed E-state index contributed by atoms with van der Waals surface area (Å²) >= 11 is 0. The van der Waals surface area contributed by atoms with E-state index in [4.69, 9.17) is 10.5 Å². The maximum Gasteiger partial charge on any atom is 0.123 e. The van der Waals surface area contributed by atoms with Crippen LogP contribution < -0.4 is 15.4 Å². The van der Waals surface area contributed by atoms with Crippen molar-refractivity contribution in [3.05, 3.63) is 59.2 Å². The fourth-order valence-electron chi connectivity index (χ4n) is 3.33. The zero-order valence-corrected chi connectivity index (χ0v) is 14.1. The van der Waals surface area contributed by atoms with E-state index in [2.05, 4.69) is 54.2 Å². The second-order valence-corrected chi connectivity index (χ2v) is 6.25. The number of rotatable bonds is 5. The minimum Gasteiger partial charge on any atom is -0.496 e. The van der Waals surface area contributed by atoms with E-state index >= 15 is 0 Å². The Labute approximate surface area is 138 Å². The van der Waals surface area contributed by atoms with Crippen molar-refractivity contribution in [1.29, 1.82) is 0 Å². The maximum atomic E-state index is 6.10. The van der Waals surface area contributed by atoms with Crippen LogP contribution in [-0.4, -0.2) is 32.6 Å². The summed E-state index contributed by atoms with van der Waals surface area (Å²) in [6.45, 7) is 2.40. The Hall–Kier alpha value is -2.04. The first-order chi connectivity index (χ1) is 11.1. The second kappa shape index (κ2) is 6.60. The van der Waals surface area contributed by atoms with Gasteiger partial charge in [0.1, 0.15) is 5.75 Å². The lowest BCUT2D eigenvalue weighted by molar-refractivity contribution is 0.208. The minimum absolute atomic E-state index is 0.259. The third-order valence-electron chi connectivity index (χ3n) is 4.61. The van der Waals surface area contributed by atoms with Gasteiger partial charge in [-0.3, -0.25) is 4.90 Å². The van der Waals surface area contributed by atoms with Gasteiger partial charge in [0.15, 0.2) is 0 Å². The lowest BCUT2D eigenvalue weighted by Crippen LogP contribution is -2.27. The number of nitrogens with two attached hydrogens (primary N) is 1. The highest BCUT2D eigenvalue weighted by Crippen LogP contribution is 2.37. The predicted octanol–water partition coefficient (Wildman–Crippen LogP) is 2.78. The summed E-state index contributed by atoms with van der Waals surface area (Å²) < 4.78 is 5.49. The highest BCUT2D eigenvalue weighted by atomic mass is 16.5. The van der Waals surface area contributed by atoms with Gasteiger partial charge in [0.2, 0.25) is 0 Å². The van der Waals surface area contributed by atoms with Crippen LogP contribution in [0.3, 0.4) is 0 Å². The van der Waals surface area contributed by atoms with Crippen molar-refractivity contribution in [1.82, 2.24) is 4.90 Å². The van der Waals surface area contributed by atoms with E-state index in [0.29, 0.717) is 6.54 Å². The van der Waals surface area contributed by atoms with Crippen molar-refractivity contribution in [2.24, 2.45) is 5.73 Å². The number of anilines is 1. The molecule has 0 bridgehead atoms. The summed E-state index contributed by atoms with van der Waals surface area (Å²) in [5, 5.41) is 0.